The molecule has 0 aliphatic carbocycles. The molecular formula is C17H20Cl2FN5O2. The van der Waals surface area contributed by atoms with E-state index in [0.29, 0.717) is 30.8 Å². The van der Waals surface area contributed by atoms with Crippen LogP contribution >= 0.6 is 23.2 Å². The molecule has 3 heterocycles. The van der Waals surface area contributed by atoms with Crippen molar-refractivity contribution in [2.75, 3.05) is 24.5 Å². The van der Waals surface area contributed by atoms with Crippen LogP contribution in [0, 0.1) is 5.82 Å². The van der Waals surface area contributed by atoms with Gasteiger partial charge in [-0.05, 0) is 39.3 Å². The molecule has 0 N–H and O–H groups in total. The first-order valence-corrected chi connectivity index (χ1v) is 9.24. The number of pyridine rings is 1. The van der Waals surface area contributed by atoms with E-state index in [-0.39, 0.29) is 28.1 Å². The molecule has 3 rings (SSSR count). The largest absolute Gasteiger partial charge is 0.444 e. The number of hydrogen-bond donors (Lipinski definition) is 0. The van der Waals surface area contributed by atoms with Gasteiger partial charge in [0, 0.05) is 31.9 Å². The fraction of sp³-hybridized carbons (Fsp3) is 0.529. The van der Waals surface area contributed by atoms with Crippen molar-refractivity contribution >= 4 is 46.0 Å². The minimum absolute atomic E-state index is 0.0206. The Kier molecular flexibility index (Phi) is 5.31. The maximum atomic E-state index is 14.3. The Morgan fingerprint density at radius 2 is 2.00 bits per heavy atom. The summed E-state index contributed by atoms with van der Waals surface area (Å²) in [5.74, 6) is -0.274. The molecular weight excluding hydrogens is 396 g/mol. The van der Waals surface area contributed by atoms with Crippen LogP contribution in [0.5, 0.6) is 0 Å². The summed E-state index contributed by atoms with van der Waals surface area (Å²) in [7, 11) is 0. The highest BCUT2D eigenvalue weighted by molar-refractivity contribution is 6.30. The first-order chi connectivity index (χ1) is 12.6. The molecule has 10 heteroatoms. The standard InChI is InChI=1S/C17H20Cl2FN5O2/c1-9-8-24(5-6-25(9)16(26)27-17(2,3)4)14-10-7-21-13(18)11(20)12(10)22-15(19)23-14/h7,9H,5-6,8H2,1-4H3/t9-/m0/s1. The SMILES string of the molecule is C[C@H]1CN(c2nc(Cl)nc3c(F)c(Cl)ncc23)CCN1C(=O)OC(C)(C)C. The molecule has 1 aliphatic heterocycles. The number of carbonyl (C=O) groups is 1. The molecule has 146 valence electrons. The summed E-state index contributed by atoms with van der Waals surface area (Å²) < 4.78 is 19.8. The van der Waals surface area contributed by atoms with E-state index in [0.717, 1.165) is 0 Å². The Morgan fingerprint density at radius 3 is 2.63 bits per heavy atom. The number of rotatable bonds is 1. The van der Waals surface area contributed by atoms with Crippen molar-refractivity contribution in [1.29, 1.82) is 0 Å². The summed E-state index contributed by atoms with van der Waals surface area (Å²) in [4.78, 5) is 28.0. The fourth-order valence-electron chi connectivity index (χ4n) is 2.98. The summed E-state index contributed by atoms with van der Waals surface area (Å²) in [6.45, 7) is 8.79. The van der Waals surface area contributed by atoms with Crippen molar-refractivity contribution in [3.8, 4) is 0 Å². The number of ether oxygens (including phenoxy) is 1. The lowest BCUT2D eigenvalue weighted by Gasteiger charge is -2.40. The van der Waals surface area contributed by atoms with Crippen LogP contribution in [-0.2, 0) is 4.74 Å². The van der Waals surface area contributed by atoms with E-state index in [1.54, 1.807) is 4.90 Å². The molecule has 0 radical (unpaired) electrons. The number of nitrogens with zero attached hydrogens (tertiary/aromatic N) is 5. The molecule has 1 fully saturated rings. The Labute approximate surface area is 166 Å². The Bertz CT molecular complexity index is 890. The zero-order valence-corrected chi connectivity index (χ0v) is 17.0. The summed E-state index contributed by atoms with van der Waals surface area (Å²) in [5, 5.41) is 0.0615. The number of anilines is 1. The van der Waals surface area contributed by atoms with Crippen molar-refractivity contribution in [1.82, 2.24) is 19.9 Å². The van der Waals surface area contributed by atoms with E-state index in [2.05, 4.69) is 15.0 Å². The second kappa shape index (κ2) is 7.24. The van der Waals surface area contributed by atoms with Crippen LogP contribution < -0.4 is 4.90 Å². The van der Waals surface area contributed by atoms with E-state index < -0.39 is 11.4 Å². The third-order valence-corrected chi connectivity index (χ3v) is 4.58. The lowest BCUT2D eigenvalue weighted by atomic mass is 10.1. The van der Waals surface area contributed by atoms with E-state index in [1.807, 2.05) is 32.6 Å². The van der Waals surface area contributed by atoms with Gasteiger partial charge in [0.15, 0.2) is 11.0 Å². The minimum atomic E-state index is -0.736. The molecule has 0 aromatic carbocycles. The Hall–Kier alpha value is -1.93. The van der Waals surface area contributed by atoms with E-state index in [9.17, 15) is 9.18 Å². The van der Waals surface area contributed by atoms with Crippen LogP contribution in [-0.4, -0.2) is 57.2 Å². The quantitative estimate of drug-likeness (QED) is 0.519. The third kappa shape index (κ3) is 4.16. The van der Waals surface area contributed by atoms with Gasteiger partial charge in [0.1, 0.15) is 16.9 Å². The van der Waals surface area contributed by atoms with Gasteiger partial charge in [-0.15, -0.1) is 0 Å². The van der Waals surface area contributed by atoms with Crippen molar-refractivity contribution in [2.24, 2.45) is 0 Å². The molecule has 2 aromatic heterocycles. The second-order valence-corrected chi connectivity index (χ2v) is 8.11. The maximum absolute atomic E-state index is 14.3. The van der Waals surface area contributed by atoms with Gasteiger partial charge in [-0.3, -0.25) is 0 Å². The van der Waals surface area contributed by atoms with Gasteiger partial charge in [-0.25, -0.2) is 19.2 Å². The predicted molar refractivity (Wildman–Crippen MR) is 102 cm³/mol. The summed E-state index contributed by atoms with van der Waals surface area (Å²) >= 11 is 11.7. The van der Waals surface area contributed by atoms with Crippen molar-refractivity contribution < 1.29 is 13.9 Å². The molecule has 0 bridgehead atoms. The summed E-state index contributed by atoms with van der Waals surface area (Å²) in [6.07, 6.45) is 1.07. The van der Waals surface area contributed by atoms with Gasteiger partial charge in [0.05, 0.1) is 5.39 Å². The van der Waals surface area contributed by atoms with Crippen molar-refractivity contribution in [3.05, 3.63) is 22.5 Å². The van der Waals surface area contributed by atoms with E-state index in [1.165, 1.54) is 6.20 Å². The zero-order valence-electron chi connectivity index (χ0n) is 15.5. The number of fused-ring (bicyclic) bond motifs is 1. The maximum Gasteiger partial charge on any atom is 0.410 e. The van der Waals surface area contributed by atoms with Crippen LogP contribution in [0.4, 0.5) is 15.0 Å². The second-order valence-electron chi connectivity index (χ2n) is 7.41. The molecule has 1 atom stereocenters. The average Bonchev–Trinajstić information content (AvgIpc) is 2.56. The van der Waals surface area contributed by atoms with Gasteiger partial charge in [-0.1, -0.05) is 11.6 Å². The van der Waals surface area contributed by atoms with Crippen LogP contribution in [0.3, 0.4) is 0 Å². The van der Waals surface area contributed by atoms with Crippen molar-refractivity contribution in [2.45, 2.75) is 39.3 Å². The molecule has 1 aliphatic rings. The van der Waals surface area contributed by atoms with Crippen LogP contribution in [0.15, 0.2) is 6.20 Å². The normalized spacial score (nSPS) is 18.1. The number of carbonyl (C=O) groups excluding carboxylic acids is 1. The topological polar surface area (TPSA) is 71.5 Å². The highest BCUT2D eigenvalue weighted by Gasteiger charge is 2.32. The average molecular weight is 416 g/mol. The number of aromatic nitrogens is 3. The molecule has 0 unspecified atom stereocenters. The molecule has 1 saturated heterocycles. The molecule has 27 heavy (non-hydrogen) atoms. The fourth-order valence-corrected chi connectivity index (χ4v) is 3.28. The number of halogens is 3. The monoisotopic (exact) mass is 415 g/mol. The van der Waals surface area contributed by atoms with Crippen molar-refractivity contribution in [3.63, 3.8) is 0 Å². The number of hydrogen-bond acceptors (Lipinski definition) is 6. The number of amides is 1. The minimum Gasteiger partial charge on any atom is -0.444 e. The molecule has 0 spiro atoms. The molecule has 7 nitrogen and oxygen atoms in total. The van der Waals surface area contributed by atoms with Crippen LogP contribution in [0.25, 0.3) is 10.9 Å². The van der Waals surface area contributed by atoms with Gasteiger partial charge in [-0.2, -0.15) is 4.98 Å². The van der Waals surface area contributed by atoms with Gasteiger partial charge in [0.25, 0.3) is 0 Å². The van der Waals surface area contributed by atoms with E-state index >= 15 is 0 Å². The number of piperazine rings is 1. The summed E-state index contributed by atoms with van der Waals surface area (Å²) in [5.41, 5.74) is -0.542. The lowest BCUT2D eigenvalue weighted by molar-refractivity contribution is 0.0159. The highest BCUT2D eigenvalue weighted by atomic mass is 35.5. The lowest BCUT2D eigenvalue weighted by Crippen LogP contribution is -2.55. The van der Waals surface area contributed by atoms with Crippen LogP contribution in [0.2, 0.25) is 10.4 Å². The Morgan fingerprint density at radius 1 is 1.30 bits per heavy atom. The predicted octanol–water partition coefficient (Wildman–Crippen LogP) is 3.92. The first kappa shape index (κ1) is 19.8. The smallest absolute Gasteiger partial charge is 0.410 e. The first-order valence-electron chi connectivity index (χ1n) is 8.48. The van der Waals surface area contributed by atoms with Crippen LogP contribution in [0.1, 0.15) is 27.7 Å². The van der Waals surface area contributed by atoms with Gasteiger partial charge < -0.3 is 14.5 Å². The van der Waals surface area contributed by atoms with Gasteiger partial charge >= 0.3 is 6.09 Å². The molecule has 0 saturated carbocycles. The third-order valence-electron chi connectivity index (χ3n) is 4.15. The highest BCUT2D eigenvalue weighted by Crippen LogP contribution is 2.30. The molecule has 1 amide bonds. The molecule has 2 aromatic rings. The van der Waals surface area contributed by atoms with Gasteiger partial charge in [0.2, 0.25) is 5.28 Å². The zero-order chi connectivity index (χ0) is 19.9. The van der Waals surface area contributed by atoms with E-state index in [4.69, 9.17) is 27.9 Å². The summed E-state index contributed by atoms with van der Waals surface area (Å²) in [6, 6.07) is -0.137. The Balaban J connectivity index is 1.88.